The third-order valence-corrected chi connectivity index (χ3v) is 1.02. The van der Waals surface area contributed by atoms with Gasteiger partial charge >= 0.3 is 0 Å². The molecule has 62 valence electrons. The average Bonchev–Trinajstić information content (AvgIpc) is 2.07. The number of rotatable bonds is 1. The predicted molar refractivity (Wildman–Crippen MR) is 47.4 cm³/mol. The van der Waals surface area contributed by atoms with Crippen molar-refractivity contribution in [2.45, 2.75) is 0 Å². The molecule has 0 unspecified atom stereocenters. The van der Waals surface area contributed by atoms with Crippen LogP contribution >= 0.6 is 11.6 Å². The highest BCUT2D eigenvalue weighted by Gasteiger charge is 1.76. The van der Waals surface area contributed by atoms with Crippen molar-refractivity contribution in [2.75, 3.05) is 13.1 Å². The molecule has 11 heavy (non-hydrogen) atoms. The summed E-state index contributed by atoms with van der Waals surface area (Å²) in [4.78, 5) is 3.74. The molecule has 1 aromatic heterocycles. The summed E-state index contributed by atoms with van der Waals surface area (Å²) in [7, 11) is 0. The molecule has 0 spiro atoms. The van der Waals surface area contributed by atoms with Gasteiger partial charge in [0.15, 0.2) is 0 Å². The van der Waals surface area contributed by atoms with Crippen LogP contribution in [0.1, 0.15) is 0 Å². The lowest BCUT2D eigenvalue weighted by atomic mass is 10.5. The Kier molecular flexibility index (Phi) is 7.03. The highest BCUT2D eigenvalue weighted by molar-refractivity contribution is 6.29. The van der Waals surface area contributed by atoms with Gasteiger partial charge in [0.05, 0.1) is 0 Å². The fraction of sp³-hybridized carbons (Fsp3) is 0.286. The molecule has 3 nitrogen and oxygen atoms in total. The second-order valence-corrected chi connectivity index (χ2v) is 2.12. The smallest absolute Gasteiger partial charge is 0.129 e. The molecule has 0 fully saturated rings. The Morgan fingerprint density at radius 3 is 2.09 bits per heavy atom. The first-order valence-electron chi connectivity index (χ1n) is 3.28. The van der Waals surface area contributed by atoms with E-state index in [1.807, 2.05) is 12.1 Å². The van der Waals surface area contributed by atoms with Crippen molar-refractivity contribution in [2.24, 2.45) is 11.5 Å². The van der Waals surface area contributed by atoms with E-state index in [1.165, 1.54) is 0 Å². The maximum atomic E-state index is 5.43. The van der Waals surface area contributed by atoms with E-state index in [0.717, 1.165) is 0 Å². The van der Waals surface area contributed by atoms with Crippen LogP contribution in [-0.2, 0) is 0 Å². The first-order chi connectivity index (χ1) is 5.31. The van der Waals surface area contributed by atoms with Crippen molar-refractivity contribution < 1.29 is 0 Å². The number of pyridine rings is 1. The molecule has 0 radical (unpaired) electrons. The van der Waals surface area contributed by atoms with Gasteiger partial charge in [0, 0.05) is 19.3 Å². The fourth-order valence-corrected chi connectivity index (χ4v) is 0.471. The molecule has 0 atom stereocenters. The van der Waals surface area contributed by atoms with Crippen LogP contribution in [0.4, 0.5) is 0 Å². The Bertz CT molecular complexity index is 165. The fourth-order valence-electron chi connectivity index (χ4n) is 0.342. The molecule has 1 heterocycles. The molecule has 4 N–H and O–H groups in total. The molecule has 0 saturated carbocycles. The third kappa shape index (κ3) is 7.25. The molecule has 1 rings (SSSR count). The maximum absolute atomic E-state index is 5.43. The van der Waals surface area contributed by atoms with E-state index in [2.05, 4.69) is 4.98 Å². The van der Waals surface area contributed by atoms with Crippen LogP contribution in [0.5, 0.6) is 0 Å². The van der Waals surface area contributed by atoms with E-state index in [4.69, 9.17) is 23.1 Å². The van der Waals surface area contributed by atoms with Gasteiger partial charge in [-0.25, -0.2) is 4.98 Å². The summed E-state index contributed by atoms with van der Waals surface area (Å²) in [5.74, 6) is 0. The minimum absolute atomic E-state index is 0.544. The molecule has 0 aromatic carbocycles. The number of halogens is 1. The number of nitrogens with two attached hydrogens (primary N) is 2. The quantitative estimate of drug-likeness (QED) is 0.613. The molecule has 0 saturated heterocycles. The largest absolute Gasteiger partial charge is 0.329 e. The Balaban J connectivity index is 0.000000218. The minimum atomic E-state index is 0.544. The summed E-state index contributed by atoms with van der Waals surface area (Å²) < 4.78 is 0. The minimum Gasteiger partial charge on any atom is -0.329 e. The molecule has 0 aliphatic carbocycles. The second kappa shape index (κ2) is 7.47. The van der Waals surface area contributed by atoms with Crippen molar-refractivity contribution in [3.8, 4) is 0 Å². The molecule has 0 aliphatic rings. The van der Waals surface area contributed by atoms with E-state index >= 15 is 0 Å². The zero-order valence-electron chi connectivity index (χ0n) is 6.20. The van der Waals surface area contributed by atoms with E-state index in [9.17, 15) is 0 Å². The summed E-state index contributed by atoms with van der Waals surface area (Å²) in [5, 5.41) is 0.544. The van der Waals surface area contributed by atoms with Gasteiger partial charge in [-0.3, -0.25) is 0 Å². The highest BCUT2D eigenvalue weighted by atomic mass is 35.5. The van der Waals surface area contributed by atoms with Gasteiger partial charge in [-0.2, -0.15) is 0 Å². The number of hydrogen-bond acceptors (Lipinski definition) is 3. The lowest BCUT2D eigenvalue weighted by Gasteiger charge is -1.79. The van der Waals surface area contributed by atoms with Gasteiger partial charge in [-0.15, -0.1) is 0 Å². The first kappa shape index (κ1) is 10.4. The predicted octanol–water partition coefficient (Wildman–Crippen LogP) is 0.639. The van der Waals surface area contributed by atoms with Crippen molar-refractivity contribution >= 4 is 11.6 Å². The van der Waals surface area contributed by atoms with E-state index in [-0.39, 0.29) is 0 Å². The van der Waals surface area contributed by atoms with Crippen molar-refractivity contribution in [1.82, 2.24) is 4.98 Å². The second-order valence-electron chi connectivity index (χ2n) is 1.73. The monoisotopic (exact) mass is 173 g/mol. The highest BCUT2D eigenvalue weighted by Crippen LogP contribution is 1.98. The van der Waals surface area contributed by atoms with Gasteiger partial charge in [0.1, 0.15) is 5.15 Å². The van der Waals surface area contributed by atoms with Crippen LogP contribution in [0.15, 0.2) is 24.4 Å². The van der Waals surface area contributed by atoms with E-state index < -0.39 is 0 Å². The zero-order valence-corrected chi connectivity index (χ0v) is 6.96. The Morgan fingerprint density at radius 1 is 1.27 bits per heavy atom. The summed E-state index contributed by atoms with van der Waals surface area (Å²) in [5.41, 5.74) is 9.81. The Labute approximate surface area is 71.4 Å². The Hall–Kier alpha value is -0.640. The average molecular weight is 174 g/mol. The van der Waals surface area contributed by atoms with Crippen LogP contribution in [0.2, 0.25) is 5.15 Å². The molecule has 0 bridgehead atoms. The molecular weight excluding hydrogens is 162 g/mol. The summed E-state index contributed by atoms with van der Waals surface area (Å²) in [6.07, 6.45) is 1.66. The summed E-state index contributed by atoms with van der Waals surface area (Å²) >= 11 is 5.43. The standard InChI is InChI=1S/C5H4ClN.C2H8N2/c6-5-3-1-2-4-7-5;3-1-2-4/h1-4H;1-4H2. The van der Waals surface area contributed by atoms with Crippen LogP contribution in [-0.4, -0.2) is 18.1 Å². The summed E-state index contributed by atoms with van der Waals surface area (Å²) in [6.45, 7) is 1.19. The van der Waals surface area contributed by atoms with Crippen LogP contribution in [0.25, 0.3) is 0 Å². The molecule has 1 aromatic rings. The van der Waals surface area contributed by atoms with E-state index in [1.54, 1.807) is 12.3 Å². The molecule has 0 amide bonds. The lowest BCUT2D eigenvalue weighted by molar-refractivity contribution is 0.976. The van der Waals surface area contributed by atoms with Gasteiger partial charge in [0.25, 0.3) is 0 Å². The lowest BCUT2D eigenvalue weighted by Crippen LogP contribution is -2.11. The van der Waals surface area contributed by atoms with Gasteiger partial charge in [-0.1, -0.05) is 17.7 Å². The molecular formula is C7H12ClN3. The van der Waals surface area contributed by atoms with Crippen molar-refractivity contribution in [3.05, 3.63) is 29.5 Å². The van der Waals surface area contributed by atoms with Crippen LogP contribution in [0, 0.1) is 0 Å². The van der Waals surface area contributed by atoms with Crippen LogP contribution in [0.3, 0.4) is 0 Å². The van der Waals surface area contributed by atoms with Gasteiger partial charge in [-0.05, 0) is 12.1 Å². The number of hydrogen-bond donors (Lipinski definition) is 2. The third-order valence-electron chi connectivity index (χ3n) is 0.795. The SMILES string of the molecule is Clc1ccccn1.NCCN. The topological polar surface area (TPSA) is 64.9 Å². The molecule has 4 heteroatoms. The van der Waals surface area contributed by atoms with Crippen molar-refractivity contribution in [3.63, 3.8) is 0 Å². The number of nitrogens with zero attached hydrogens (tertiary/aromatic N) is 1. The van der Waals surface area contributed by atoms with Crippen molar-refractivity contribution in [1.29, 1.82) is 0 Å². The van der Waals surface area contributed by atoms with Crippen LogP contribution < -0.4 is 11.5 Å². The first-order valence-corrected chi connectivity index (χ1v) is 3.65. The number of aromatic nitrogens is 1. The van der Waals surface area contributed by atoms with Gasteiger partial charge < -0.3 is 11.5 Å². The Morgan fingerprint density at radius 2 is 1.91 bits per heavy atom. The molecule has 0 aliphatic heterocycles. The van der Waals surface area contributed by atoms with E-state index in [0.29, 0.717) is 18.2 Å². The zero-order chi connectivity index (χ0) is 8.53. The normalized spacial score (nSPS) is 8.27. The maximum Gasteiger partial charge on any atom is 0.129 e. The summed E-state index contributed by atoms with van der Waals surface area (Å²) in [6, 6.07) is 5.41. The van der Waals surface area contributed by atoms with Gasteiger partial charge in [0.2, 0.25) is 0 Å².